The lowest BCUT2D eigenvalue weighted by molar-refractivity contribution is -0.134. The summed E-state index contributed by atoms with van der Waals surface area (Å²) in [6.07, 6.45) is 2.87. The molecule has 1 amide bonds. The van der Waals surface area contributed by atoms with Gasteiger partial charge in [0.15, 0.2) is 0 Å². The van der Waals surface area contributed by atoms with Crippen LogP contribution in [0.15, 0.2) is 36.4 Å². The Kier molecular flexibility index (Phi) is 4.26. The molecule has 4 rings (SSSR count). The molecule has 0 aromatic heterocycles. The number of benzene rings is 2. The first-order valence-corrected chi connectivity index (χ1v) is 9.64. The summed E-state index contributed by atoms with van der Waals surface area (Å²) >= 11 is 0. The van der Waals surface area contributed by atoms with Crippen molar-refractivity contribution in [2.24, 2.45) is 0 Å². The van der Waals surface area contributed by atoms with Crippen LogP contribution in [0.1, 0.15) is 47.6 Å². The van der Waals surface area contributed by atoms with Crippen LogP contribution < -0.4 is 4.74 Å². The Bertz CT molecular complexity index is 831. The van der Waals surface area contributed by atoms with Gasteiger partial charge in [0, 0.05) is 13.1 Å². The summed E-state index contributed by atoms with van der Waals surface area (Å²) in [4.78, 5) is 15.5. The van der Waals surface area contributed by atoms with Crippen molar-refractivity contribution in [3.05, 3.63) is 64.2 Å². The van der Waals surface area contributed by atoms with E-state index in [-0.39, 0.29) is 5.41 Å². The Morgan fingerprint density at radius 1 is 1.08 bits per heavy atom. The van der Waals surface area contributed by atoms with Gasteiger partial charge in [0.1, 0.15) is 5.75 Å². The summed E-state index contributed by atoms with van der Waals surface area (Å²) in [5.74, 6) is 1.20. The third-order valence-electron chi connectivity index (χ3n) is 5.72. The molecule has 0 bridgehead atoms. The third-order valence-corrected chi connectivity index (χ3v) is 5.72. The van der Waals surface area contributed by atoms with Crippen molar-refractivity contribution in [1.82, 2.24) is 4.90 Å². The monoisotopic (exact) mass is 349 g/mol. The lowest BCUT2D eigenvalue weighted by Gasteiger charge is -2.32. The maximum absolute atomic E-state index is 13.4. The van der Waals surface area contributed by atoms with Crippen LogP contribution in [-0.2, 0) is 23.2 Å². The Morgan fingerprint density at radius 2 is 1.81 bits per heavy atom. The first-order chi connectivity index (χ1) is 12.5. The predicted octanol–water partition coefficient (Wildman–Crippen LogP) is 4.32. The van der Waals surface area contributed by atoms with Crippen LogP contribution in [0.2, 0.25) is 0 Å². The number of nitrogens with zero attached hydrogens (tertiary/aromatic N) is 1. The molecule has 0 spiro atoms. The number of amides is 1. The number of carbonyl (C=O) groups excluding carboxylic acids is 1. The van der Waals surface area contributed by atoms with Crippen molar-refractivity contribution in [2.45, 2.75) is 52.0 Å². The van der Waals surface area contributed by atoms with Gasteiger partial charge in [0.2, 0.25) is 5.91 Å². The van der Waals surface area contributed by atoms with Gasteiger partial charge < -0.3 is 9.64 Å². The number of aryl methyl sites for hydroxylation is 2. The minimum absolute atomic E-state index is 0.286. The second kappa shape index (κ2) is 6.46. The van der Waals surface area contributed by atoms with Crippen molar-refractivity contribution in [1.29, 1.82) is 0 Å². The maximum Gasteiger partial charge on any atom is 0.233 e. The Balaban J connectivity index is 1.58. The van der Waals surface area contributed by atoms with Crippen LogP contribution in [0, 0.1) is 13.8 Å². The lowest BCUT2D eigenvalue weighted by atomic mass is 9.90. The standard InChI is InChI=1S/C23H27NO2/c1-4-26-21-6-5-18-7-10-24(15-19(18)14-21)22(25)23(8-9-23)20-12-16(2)11-17(3)13-20/h5-6,11-14H,4,7-10,15H2,1-3H3. The fourth-order valence-electron chi connectivity index (χ4n) is 4.27. The quantitative estimate of drug-likeness (QED) is 0.823. The van der Waals surface area contributed by atoms with Crippen LogP contribution in [0.4, 0.5) is 0 Å². The van der Waals surface area contributed by atoms with E-state index in [2.05, 4.69) is 49.1 Å². The van der Waals surface area contributed by atoms with E-state index in [9.17, 15) is 4.79 Å². The molecule has 2 aromatic rings. The second-order valence-electron chi connectivity index (χ2n) is 7.80. The highest BCUT2D eigenvalue weighted by atomic mass is 16.5. The summed E-state index contributed by atoms with van der Waals surface area (Å²) in [6, 6.07) is 12.9. The van der Waals surface area contributed by atoms with Crippen molar-refractivity contribution < 1.29 is 9.53 Å². The average molecular weight is 349 g/mol. The number of hydrogen-bond donors (Lipinski definition) is 0. The lowest BCUT2D eigenvalue weighted by Crippen LogP contribution is -2.42. The largest absolute Gasteiger partial charge is 0.494 e. The first-order valence-electron chi connectivity index (χ1n) is 9.64. The number of rotatable bonds is 4. The molecule has 0 unspecified atom stereocenters. The molecule has 2 aromatic carbocycles. The molecule has 1 heterocycles. The Morgan fingerprint density at radius 3 is 2.46 bits per heavy atom. The van der Waals surface area contributed by atoms with E-state index >= 15 is 0 Å². The third kappa shape index (κ3) is 3.00. The molecule has 0 saturated heterocycles. The summed E-state index contributed by atoms with van der Waals surface area (Å²) < 4.78 is 5.64. The smallest absolute Gasteiger partial charge is 0.233 e. The Hall–Kier alpha value is -2.29. The fourth-order valence-corrected chi connectivity index (χ4v) is 4.27. The summed E-state index contributed by atoms with van der Waals surface area (Å²) in [5, 5.41) is 0. The van der Waals surface area contributed by atoms with Gasteiger partial charge in [-0.3, -0.25) is 4.79 Å². The maximum atomic E-state index is 13.4. The van der Waals surface area contributed by atoms with E-state index in [0.717, 1.165) is 31.6 Å². The molecular formula is C23H27NO2. The molecule has 1 fully saturated rings. The molecular weight excluding hydrogens is 322 g/mol. The minimum atomic E-state index is -0.286. The van der Waals surface area contributed by atoms with Crippen molar-refractivity contribution in [2.75, 3.05) is 13.2 Å². The zero-order valence-corrected chi connectivity index (χ0v) is 16.0. The molecule has 1 aliphatic heterocycles. The van der Waals surface area contributed by atoms with Gasteiger partial charge in [-0.1, -0.05) is 35.4 Å². The van der Waals surface area contributed by atoms with Gasteiger partial charge in [-0.25, -0.2) is 0 Å². The van der Waals surface area contributed by atoms with Gasteiger partial charge in [-0.2, -0.15) is 0 Å². The minimum Gasteiger partial charge on any atom is -0.494 e. The number of carbonyl (C=O) groups is 1. The molecule has 3 nitrogen and oxygen atoms in total. The number of fused-ring (bicyclic) bond motifs is 1. The van der Waals surface area contributed by atoms with Crippen molar-refractivity contribution >= 4 is 5.91 Å². The zero-order valence-electron chi connectivity index (χ0n) is 16.0. The Labute approximate surface area is 156 Å². The zero-order chi connectivity index (χ0) is 18.3. The fraction of sp³-hybridized carbons (Fsp3) is 0.435. The van der Waals surface area contributed by atoms with Crippen LogP contribution >= 0.6 is 0 Å². The SMILES string of the molecule is CCOc1ccc2c(c1)CN(C(=O)C1(c3cc(C)cc(C)c3)CC1)CC2. The summed E-state index contributed by atoms with van der Waals surface area (Å²) in [6.45, 7) is 8.40. The van der Waals surface area contributed by atoms with E-state index in [1.165, 1.54) is 27.8 Å². The van der Waals surface area contributed by atoms with Crippen LogP contribution in [0.3, 0.4) is 0 Å². The highest BCUT2D eigenvalue weighted by molar-refractivity contribution is 5.91. The van der Waals surface area contributed by atoms with Gasteiger partial charge in [0.05, 0.1) is 12.0 Å². The van der Waals surface area contributed by atoms with E-state index in [1.54, 1.807) is 0 Å². The van der Waals surface area contributed by atoms with Gasteiger partial charge in [0.25, 0.3) is 0 Å². The van der Waals surface area contributed by atoms with E-state index in [4.69, 9.17) is 4.74 Å². The van der Waals surface area contributed by atoms with Gasteiger partial charge in [-0.15, -0.1) is 0 Å². The molecule has 0 radical (unpaired) electrons. The molecule has 26 heavy (non-hydrogen) atoms. The summed E-state index contributed by atoms with van der Waals surface area (Å²) in [5.41, 5.74) is 5.97. The number of ether oxygens (including phenoxy) is 1. The average Bonchev–Trinajstić information content (AvgIpc) is 3.42. The van der Waals surface area contributed by atoms with E-state index in [0.29, 0.717) is 19.1 Å². The van der Waals surface area contributed by atoms with Crippen molar-refractivity contribution in [3.8, 4) is 5.75 Å². The van der Waals surface area contributed by atoms with Crippen LogP contribution in [0.5, 0.6) is 5.75 Å². The first kappa shape index (κ1) is 17.1. The van der Waals surface area contributed by atoms with Crippen LogP contribution in [0.25, 0.3) is 0 Å². The highest BCUT2D eigenvalue weighted by Crippen LogP contribution is 2.50. The molecule has 136 valence electrons. The normalized spacial score (nSPS) is 17.6. The molecule has 1 saturated carbocycles. The molecule has 2 aliphatic rings. The topological polar surface area (TPSA) is 29.5 Å². The van der Waals surface area contributed by atoms with Gasteiger partial charge >= 0.3 is 0 Å². The second-order valence-corrected chi connectivity index (χ2v) is 7.80. The van der Waals surface area contributed by atoms with Crippen LogP contribution in [-0.4, -0.2) is 24.0 Å². The predicted molar refractivity (Wildman–Crippen MR) is 104 cm³/mol. The van der Waals surface area contributed by atoms with Gasteiger partial charge in [-0.05, 0) is 68.9 Å². The van der Waals surface area contributed by atoms with E-state index in [1.807, 2.05) is 13.0 Å². The highest BCUT2D eigenvalue weighted by Gasteiger charge is 2.53. The molecule has 1 aliphatic carbocycles. The summed E-state index contributed by atoms with van der Waals surface area (Å²) in [7, 11) is 0. The molecule has 3 heteroatoms. The number of hydrogen-bond acceptors (Lipinski definition) is 2. The van der Waals surface area contributed by atoms with Crippen molar-refractivity contribution in [3.63, 3.8) is 0 Å². The molecule has 0 N–H and O–H groups in total. The van der Waals surface area contributed by atoms with E-state index < -0.39 is 0 Å². The molecule has 0 atom stereocenters.